The zero-order chi connectivity index (χ0) is 17.6. The van der Waals surface area contributed by atoms with Crippen molar-refractivity contribution in [3.05, 3.63) is 12.5 Å². The Bertz CT molecular complexity index is 564. The van der Waals surface area contributed by atoms with Gasteiger partial charge in [0.25, 0.3) is 0 Å². The first-order valence-electron chi connectivity index (χ1n) is 9.37. The normalized spacial score (nSPS) is 19.2. The second-order valence-electron chi connectivity index (χ2n) is 7.23. The van der Waals surface area contributed by atoms with Crippen molar-refractivity contribution in [3.63, 3.8) is 0 Å². The zero-order valence-corrected chi connectivity index (χ0v) is 15.4. The van der Waals surface area contributed by atoms with Crippen LogP contribution in [0.25, 0.3) is 0 Å². The summed E-state index contributed by atoms with van der Waals surface area (Å²) in [6.45, 7) is 5.87. The standard InChI is InChI=1S/C18H30N6O/c1-22(2)17-16(13-19-14-21-17)24-10-5-15(6-11-24)18(25)20-7-12-23-8-3-4-9-23/h13-15H,3-12H2,1-2H3,(H,20,25). The van der Waals surface area contributed by atoms with E-state index in [1.807, 2.05) is 25.2 Å². The molecule has 2 aliphatic heterocycles. The quantitative estimate of drug-likeness (QED) is 0.828. The Balaban J connectivity index is 1.46. The molecule has 1 N–H and O–H groups in total. The third kappa shape index (κ3) is 4.60. The molecule has 7 nitrogen and oxygen atoms in total. The van der Waals surface area contributed by atoms with Crippen molar-refractivity contribution in [2.24, 2.45) is 5.92 Å². The summed E-state index contributed by atoms with van der Waals surface area (Å²) >= 11 is 0. The van der Waals surface area contributed by atoms with Gasteiger partial charge in [0.05, 0.1) is 11.9 Å². The lowest BCUT2D eigenvalue weighted by atomic mass is 9.95. The van der Waals surface area contributed by atoms with E-state index in [2.05, 4.69) is 25.1 Å². The molecule has 1 amide bonds. The molecule has 7 heteroatoms. The molecule has 0 aromatic carbocycles. The van der Waals surface area contributed by atoms with Crippen molar-refractivity contribution >= 4 is 17.4 Å². The molecular formula is C18H30N6O. The van der Waals surface area contributed by atoms with E-state index >= 15 is 0 Å². The van der Waals surface area contributed by atoms with Crippen molar-refractivity contribution < 1.29 is 4.79 Å². The van der Waals surface area contributed by atoms with E-state index in [0.717, 1.165) is 50.5 Å². The van der Waals surface area contributed by atoms with Crippen LogP contribution < -0.4 is 15.1 Å². The predicted octanol–water partition coefficient (Wildman–Crippen LogP) is 0.971. The van der Waals surface area contributed by atoms with Crippen LogP contribution in [0.3, 0.4) is 0 Å². The number of rotatable bonds is 6. The van der Waals surface area contributed by atoms with Gasteiger partial charge in [-0.15, -0.1) is 0 Å². The van der Waals surface area contributed by atoms with Gasteiger partial charge in [-0.1, -0.05) is 0 Å². The van der Waals surface area contributed by atoms with Gasteiger partial charge in [0.1, 0.15) is 6.33 Å². The summed E-state index contributed by atoms with van der Waals surface area (Å²) in [5.41, 5.74) is 1.06. The van der Waals surface area contributed by atoms with Gasteiger partial charge in [0.2, 0.25) is 5.91 Å². The molecule has 2 aliphatic rings. The zero-order valence-electron chi connectivity index (χ0n) is 15.4. The Morgan fingerprint density at radius 1 is 1.24 bits per heavy atom. The Morgan fingerprint density at radius 3 is 2.64 bits per heavy atom. The summed E-state index contributed by atoms with van der Waals surface area (Å²) in [5, 5.41) is 3.13. The van der Waals surface area contributed by atoms with E-state index < -0.39 is 0 Å². The van der Waals surface area contributed by atoms with Crippen LogP contribution in [0.5, 0.6) is 0 Å². The second-order valence-corrected chi connectivity index (χ2v) is 7.23. The van der Waals surface area contributed by atoms with Crippen LogP contribution in [-0.2, 0) is 4.79 Å². The number of anilines is 2. The average Bonchev–Trinajstić information content (AvgIpc) is 3.15. The lowest BCUT2D eigenvalue weighted by molar-refractivity contribution is -0.125. The van der Waals surface area contributed by atoms with E-state index in [1.165, 1.54) is 25.9 Å². The summed E-state index contributed by atoms with van der Waals surface area (Å²) in [7, 11) is 3.98. The number of amides is 1. The maximum Gasteiger partial charge on any atom is 0.223 e. The molecule has 1 aromatic heterocycles. The van der Waals surface area contributed by atoms with Gasteiger partial charge in [-0.25, -0.2) is 9.97 Å². The summed E-state index contributed by atoms with van der Waals surface area (Å²) in [6.07, 6.45) is 7.82. The first-order chi connectivity index (χ1) is 12.1. The summed E-state index contributed by atoms with van der Waals surface area (Å²) in [4.78, 5) is 27.7. The number of piperidine rings is 1. The molecule has 0 atom stereocenters. The van der Waals surface area contributed by atoms with Crippen molar-refractivity contribution in [1.29, 1.82) is 0 Å². The van der Waals surface area contributed by atoms with Crippen LogP contribution in [0.1, 0.15) is 25.7 Å². The number of carbonyl (C=O) groups is 1. The van der Waals surface area contributed by atoms with Crippen LogP contribution in [0.4, 0.5) is 11.5 Å². The average molecular weight is 346 g/mol. The molecule has 3 heterocycles. The second kappa shape index (κ2) is 8.47. The minimum atomic E-state index is 0.127. The number of nitrogens with one attached hydrogen (secondary N) is 1. The molecule has 0 radical (unpaired) electrons. The molecule has 2 fully saturated rings. The van der Waals surface area contributed by atoms with Crippen molar-refractivity contribution in [2.75, 3.05) is 63.2 Å². The van der Waals surface area contributed by atoms with E-state index in [0.29, 0.717) is 0 Å². The molecule has 0 spiro atoms. The number of hydrogen-bond acceptors (Lipinski definition) is 6. The number of nitrogens with zero attached hydrogens (tertiary/aromatic N) is 5. The Morgan fingerprint density at radius 2 is 1.96 bits per heavy atom. The van der Waals surface area contributed by atoms with Crippen molar-refractivity contribution in [1.82, 2.24) is 20.2 Å². The number of aromatic nitrogens is 2. The van der Waals surface area contributed by atoms with Gasteiger partial charge in [0.15, 0.2) is 5.82 Å². The minimum absolute atomic E-state index is 0.127. The van der Waals surface area contributed by atoms with Crippen LogP contribution in [0, 0.1) is 5.92 Å². The minimum Gasteiger partial charge on any atom is -0.367 e. The molecule has 0 bridgehead atoms. The molecule has 25 heavy (non-hydrogen) atoms. The molecule has 0 aliphatic carbocycles. The highest BCUT2D eigenvalue weighted by molar-refractivity contribution is 5.79. The van der Waals surface area contributed by atoms with Crippen molar-refractivity contribution in [2.45, 2.75) is 25.7 Å². The van der Waals surface area contributed by atoms with Crippen molar-refractivity contribution in [3.8, 4) is 0 Å². The molecule has 2 saturated heterocycles. The lowest BCUT2D eigenvalue weighted by Gasteiger charge is -2.34. The molecular weight excluding hydrogens is 316 g/mol. The monoisotopic (exact) mass is 346 g/mol. The molecule has 1 aromatic rings. The third-order valence-corrected chi connectivity index (χ3v) is 5.23. The molecule has 138 valence electrons. The number of hydrogen-bond donors (Lipinski definition) is 1. The van der Waals surface area contributed by atoms with Gasteiger partial charge < -0.3 is 20.0 Å². The summed E-state index contributed by atoms with van der Waals surface area (Å²) in [5.74, 6) is 1.28. The highest BCUT2D eigenvalue weighted by Crippen LogP contribution is 2.28. The SMILES string of the molecule is CN(C)c1ncncc1N1CCC(C(=O)NCCN2CCCC2)CC1. The van der Waals surface area contributed by atoms with Gasteiger partial charge in [0, 0.05) is 46.2 Å². The van der Waals surface area contributed by atoms with E-state index in [9.17, 15) is 4.79 Å². The topological polar surface area (TPSA) is 64.6 Å². The summed E-state index contributed by atoms with van der Waals surface area (Å²) < 4.78 is 0. The highest BCUT2D eigenvalue weighted by atomic mass is 16.1. The maximum atomic E-state index is 12.4. The fraction of sp³-hybridized carbons (Fsp3) is 0.722. The predicted molar refractivity (Wildman–Crippen MR) is 100.0 cm³/mol. The third-order valence-electron chi connectivity index (χ3n) is 5.23. The molecule has 0 unspecified atom stereocenters. The van der Waals surface area contributed by atoms with Gasteiger partial charge >= 0.3 is 0 Å². The Kier molecular flexibility index (Phi) is 6.07. The van der Waals surface area contributed by atoms with Crippen LogP contribution in [0.2, 0.25) is 0 Å². The highest BCUT2D eigenvalue weighted by Gasteiger charge is 2.26. The van der Waals surface area contributed by atoms with Gasteiger partial charge in [-0.05, 0) is 38.8 Å². The van der Waals surface area contributed by atoms with E-state index in [1.54, 1.807) is 6.33 Å². The smallest absolute Gasteiger partial charge is 0.223 e. The van der Waals surface area contributed by atoms with Gasteiger partial charge in [-0.2, -0.15) is 0 Å². The first-order valence-corrected chi connectivity index (χ1v) is 9.37. The fourth-order valence-electron chi connectivity index (χ4n) is 3.75. The van der Waals surface area contributed by atoms with Crippen LogP contribution in [0.15, 0.2) is 12.5 Å². The summed E-state index contributed by atoms with van der Waals surface area (Å²) in [6, 6.07) is 0. The van der Waals surface area contributed by atoms with Crippen LogP contribution >= 0.6 is 0 Å². The fourth-order valence-corrected chi connectivity index (χ4v) is 3.75. The molecule has 3 rings (SSSR count). The first kappa shape index (κ1) is 17.9. The Labute approximate surface area is 150 Å². The number of likely N-dealkylation sites (tertiary alicyclic amines) is 1. The molecule has 0 saturated carbocycles. The van der Waals surface area contributed by atoms with E-state index in [4.69, 9.17) is 0 Å². The lowest BCUT2D eigenvalue weighted by Crippen LogP contribution is -2.42. The van der Waals surface area contributed by atoms with Crippen LogP contribution in [-0.4, -0.2) is 74.1 Å². The van der Waals surface area contributed by atoms with Gasteiger partial charge in [-0.3, -0.25) is 4.79 Å². The maximum absolute atomic E-state index is 12.4. The largest absolute Gasteiger partial charge is 0.367 e. The number of carbonyl (C=O) groups excluding carboxylic acids is 1. The Hall–Kier alpha value is -1.89. The van der Waals surface area contributed by atoms with E-state index in [-0.39, 0.29) is 11.8 Å².